The van der Waals surface area contributed by atoms with Crippen molar-refractivity contribution in [3.63, 3.8) is 0 Å². The van der Waals surface area contributed by atoms with Crippen LogP contribution in [0.3, 0.4) is 0 Å². The van der Waals surface area contributed by atoms with Crippen molar-refractivity contribution in [2.24, 2.45) is 4.99 Å². The van der Waals surface area contributed by atoms with Gasteiger partial charge in [0.25, 0.3) is 0 Å². The van der Waals surface area contributed by atoms with E-state index >= 15 is 0 Å². The van der Waals surface area contributed by atoms with Crippen LogP contribution in [0.25, 0.3) is 6.08 Å². The molecule has 34 heavy (non-hydrogen) atoms. The van der Waals surface area contributed by atoms with Gasteiger partial charge in [-0.05, 0) is 54.1 Å². The number of anilines is 1. The van der Waals surface area contributed by atoms with Gasteiger partial charge in [-0.3, -0.25) is 14.8 Å². The van der Waals surface area contributed by atoms with Crippen LogP contribution in [0.15, 0.2) is 81.7 Å². The standard InChI is InChI=1S/C24H18ClF3N4OS/c25-20-6-5-16(13-19(20)24(26,27)28)32-22(33)7-4-15-2-1-3-17(12-15)34-18-8-9-29-21(14-18)23-30-10-11-31-23/h1-9,12-14H,10-11H2,(H,30,31)(H,32,33)/b7-4+. The first-order valence-corrected chi connectivity index (χ1v) is 11.4. The molecule has 0 saturated carbocycles. The number of pyridine rings is 1. The number of benzene rings is 2. The van der Waals surface area contributed by atoms with Gasteiger partial charge < -0.3 is 10.6 Å². The maximum Gasteiger partial charge on any atom is 0.417 e. The van der Waals surface area contributed by atoms with Crippen molar-refractivity contribution in [3.8, 4) is 0 Å². The molecule has 2 aromatic carbocycles. The van der Waals surface area contributed by atoms with E-state index in [1.165, 1.54) is 12.1 Å². The predicted octanol–water partition coefficient (Wildman–Crippen LogP) is 5.91. The van der Waals surface area contributed by atoms with Crippen LogP contribution in [-0.2, 0) is 11.0 Å². The average molecular weight is 503 g/mol. The van der Waals surface area contributed by atoms with Crippen molar-refractivity contribution in [2.45, 2.75) is 16.0 Å². The minimum atomic E-state index is -4.61. The Bertz CT molecular complexity index is 1280. The summed E-state index contributed by atoms with van der Waals surface area (Å²) >= 11 is 7.15. The topological polar surface area (TPSA) is 66.4 Å². The summed E-state index contributed by atoms with van der Waals surface area (Å²) < 4.78 is 39.0. The second-order valence-corrected chi connectivity index (χ2v) is 8.78. The minimum absolute atomic E-state index is 0.00512. The highest BCUT2D eigenvalue weighted by Crippen LogP contribution is 2.36. The lowest BCUT2D eigenvalue weighted by molar-refractivity contribution is -0.137. The summed E-state index contributed by atoms with van der Waals surface area (Å²) in [5, 5.41) is 5.20. The number of nitrogens with zero attached hydrogens (tertiary/aromatic N) is 2. The molecule has 2 heterocycles. The number of amides is 1. The van der Waals surface area contributed by atoms with E-state index in [2.05, 4.69) is 20.6 Å². The number of amidine groups is 1. The molecule has 1 aliphatic rings. The number of rotatable bonds is 6. The van der Waals surface area contributed by atoms with E-state index in [-0.39, 0.29) is 5.69 Å². The van der Waals surface area contributed by atoms with Crippen LogP contribution >= 0.6 is 23.4 Å². The number of aromatic nitrogens is 1. The van der Waals surface area contributed by atoms with Crippen molar-refractivity contribution in [1.82, 2.24) is 10.3 Å². The number of carbonyl (C=O) groups excluding carboxylic acids is 1. The molecule has 0 radical (unpaired) electrons. The van der Waals surface area contributed by atoms with Gasteiger partial charge in [-0.15, -0.1) is 0 Å². The van der Waals surface area contributed by atoms with Crippen molar-refractivity contribution in [3.05, 3.63) is 88.7 Å². The van der Waals surface area contributed by atoms with E-state index in [1.807, 2.05) is 36.4 Å². The Kier molecular flexibility index (Phi) is 7.23. The molecular formula is C24H18ClF3N4OS. The predicted molar refractivity (Wildman–Crippen MR) is 128 cm³/mol. The van der Waals surface area contributed by atoms with Gasteiger partial charge in [0.1, 0.15) is 11.5 Å². The smallest absolute Gasteiger partial charge is 0.367 e. The number of hydrogen-bond acceptors (Lipinski definition) is 5. The minimum Gasteiger partial charge on any atom is -0.367 e. The fourth-order valence-electron chi connectivity index (χ4n) is 3.17. The normalized spacial score (nSPS) is 13.6. The number of hydrogen-bond donors (Lipinski definition) is 2. The maximum atomic E-state index is 13.0. The van der Waals surface area contributed by atoms with Crippen molar-refractivity contribution >= 4 is 46.9 Å². The number of aliphatic imine (C=N–C) groups is 1. The second kappa shape index (κ2) is 10.3. The Morgan fingerprint density at radius 2 is 1.94 bits per heavy atom. The highest BCUT2D eigenvalue weighted by molar-refractivity contribution is 7.99. The van der Waals surface area contributed by atoms with Gasteiger partial charge in [0, 0.05) is 34.3 Å². The fourth-order valence-corrected chi connectivity index (χ4v) is 4.31. The Balaban J connectivity index is 1.42. The zero-order valence-electron chi connectivity index (χ0n) is 17.6. The lowest BCUT2D eigenvalue weighted by Crippen LogP contribution is -2.20. The van der Waals surface area contributed by atoms with Crippen molar-refractivity contribution in [2.75, 3.05) is 18.4 Å². The summed E-state index contributed by atoms with van der Waals surface area (Å²) in [5.41, 5.74) is 0.552. The third kappa shape index (κ3) is 6.18. The molecule has 0 unspecified atom stereocenters. The highest BCUT2D eigenvalue weighted by Gasteiger charge is 2.33. The molecule has 1 aromatic heterocycles. The lowest BCUT2D eigenvalue weighted by Gasteiger charge is -2.11. The molecular weight excluding hydrogens is 485 g/mol. The van der Waals surface area contributed by atoms with Gasteiger partial charge in [-0.2, -0.15) is 13.2 Å². The third-order valence-electron chi connectivity index (χ3n) is 4.71. The maximum absolute atomic E-state index is 13.0. The first kappa shape index (κ1) is 23.8. The molecule has 0 atom stereocenters. The van der Waals surface area contributed by atoms with Gasteiger partial charge in [0.15, 0.2) is 0 Å². The lowest BCUT2D eigenvalue weighted by atomic mass is 10.2. The summed E-state index contributed by atoms with van der Waals surface area (Å²) in [4.78, 5) is 22.9. The highest BCUT2D eigenvalue weighted by atomic mass is 35.5. The molecule has 0 fully saturated rings. The quantitative estimate of drug-likeness (QED) is 0.411. The average Bonchev–Trinajstić information content (AvgIpc) is 3.34. The van der Waals surface area contributed by atoms with E-state index in [1.54, 1.807) is 24.0 Å². The molecule has 5 nitrogen and oxygen atoms in total. The van der Waals surface area contributed by atoms with Gasteiger partial charge in [-0.25, -0.2) is 0 Å². The largest absolute Gasteiger partial charge is 0.417 e. The summed E-state index contributed by atoms with van der Waals surface area (Å²) in [7, 11) is 0. The number of alkyl halides is 3. The third-order valence-corrected chi connectivity index (χ3v) is 6.02. The monoisotopic (exact) mass is 502 g/mol. The zero-order valence-corrected chi connectivity index (χ0v) is 19.1. The SMILES string of the molecule is O=C(/C=C/c1cccc(Sc2ccnc(C3=NCCN3)c2)c1)Nc1ccc(Cl)c(C(F)(F)F)c1. The zero-order chi connectivity index (χ0) is 24.1. The van der Waals surface area contributed by atoms with Crippen LogP contribution in [0.4, 0.5) is 18.9 Å². The van der Waals surface area contributed by atoms with Crippen molar-refractivity contribution in [1.29, 1.82) is 0 Å². The molecule has 2 N–H and O–H groups in total. The molecule has 3 aromatic rings. The summed E-state index contributed by atoms with van der Waals surface area (Å²) in [6, 6.07) is 14.6. The van der Waals surface area contributed by atoms with Crippen LogP contribution in [0.2, 0.25) is 5.02 Å². The van der Waals surface area contributed by atoms with E-state index in [4.69, 9.17) is 11.6 Å². The number of nitrogens with one attached hydrogen (secondary N) is 2. The van der Waals surface area contributed by atoms with E-state index in [9.17, 15) is 18.0 Å². The van der Waals surface area contributed by atoms with Gasteiger partial charge in [0.05, 0.1) is 17.1 Å². The van der Waals surface area contributed by atoms with E-state index in [0.717, 1.165) is 52.1 Å². The van der Waals surface area contributed by atoms with Crippen LogP contribution < -0.4 is 10.6 Å². The molecule has 4 rings (SSSR count). The first-order chi connectivity index (χ1) is 16.3. The van der Waals surface area contributed by atoms with Crippen LogP contribution in [-0.4, -0.2) is 29.8 Å². The summed E-state index contributed by atoms with van der Waals surface area (Å²) in [6.45, 7) is 1.54. The molecule has 1 aliphatic heterocycles. The van der Waals surface area contributed by atoms with E-state index in [0.29, 0.717) is 0 Å². The molecule has 0 saturated heterocycles. The van der Waals surface area contributed by atoms with Crippen molar-refractivity contribution < 1.29 is 18.0 Å². The Morgan fingerprint density at radius 3 is 2.71 bits per heavy atom. The summed E-state index contributed by atoms with van der Waals surface area (Å²) in [6.07, 6.45) is -0.0209. The van der Waals surface area contributed by atoms with Gasteiger partial charge in [-0.1, -0.05) is 35.5 Å². The molecule has 0 bridgehead atoms. The molecule has 0 spiro atoms. The molecule has 1 amide bonds. The number of halogens is 4. The first-order valence-electron chi connectivity index (χ1n) is 10.2. The Morgan fingerprint density at radius 1 is 1.12 bits per heavy atom. The van der Waals surface area contributed by atoms with Gasteiger partial charge >= 0.3 is 6.18 Å². The molecule has 174 valence electrons. The van der Waals surface area contributed by atoms with Crippen LogP contribution in [0.5, 0.6) is 0 Å². The van der Waals surface area contributed by atoms with Crippen LogP contribution in [0, 0.1) is 0 Å². The molecule has 10 heteroatoms. The second-order valence-electron chi connectivity index (χ2n) is 7.22. The van der Waals surface area contributed by atoms with Gasteiger partial charge in [0.2, 0.25) is 5.91 Å². The van der Waals surface area contributed by atoms with E-state index < -0.39 is 22.7 Å². The fraction of sp³-hybridized carbons (Fsp3) is 0.125. The molecule has 0 aliphatic carbocycles. The van der Waals surface area contributed by atoms with Crippen LogP contribution in [0.1, 0.15) is 16.8 Å². The summed E-state index contributed by atoms with van der Waals surface area (Å²) in [5.74, 6) is 0.227. The Labute approximate surface area is 203 Å². The Hall–Kier alpha value is -3.30. The number of carbonyl (C=O) groups is 1.